The third-order valence-corrected chi connectivity index (χ3v) is 7.41. The monoisotopic (exact) mass is 525 g/mol. The quantitative estimate of drug-likeness (QED) is 0.444. The van der Waals surface area contributed by atoms with Crippen LogP contribution in [-0.4, -0.2) is 56.9 Å². The Bertz CT molecular complexity index is 1300. The van der Waals surface area contributed by atoms with Gasteiger partial charge in [-0.25, -0.2) is 4.98 Å². The number of nitrogens with one attached hydrogen (secondary N) is 2. The van der Waals surface area contributed by atoms with Crippen LogP contribution in [0.15, 0.2) is 41.1 Å². The van der Waals surface area contributed by atoms with Crippen molar-refractivity contribution >= 4 is 51.9 Å². The van der Waals surface area contributed by atoms with E-state index < -0.39 is 5.91 Å². The molecule has 3 N–H and O–H groups in total. The van der Waals surface area contributed by atoms with Crippen LogP contribution in [0.1, 0.15) is 49.1 Å². The van der Waals surface area contributed by atoms with Crippen molar-refractivity contribution in [1.82, 2.24) is 14.9 Å². The van der Waals surface area contributed by atoms with Crippen molar-refractivity contribution in [1.29, 1.82) is 0 Å². The first-order valence-electron chi connectivity index (χ1n) is 12.5. The van der Waals surface area contributed by atoms with Crippen molar-refractivity contribution in [3.8, 4) is 0 Å². The summed E-state index contributed by atoms with van der Waals surface area (Å²) >= 11 is 5.87. The number of carbonyl (C=O) groups is 3. The molecule has 1 atom stereocenters. The number of rotatable bonds is 6. The van der Waals surface area contributed by atoms with Gasteiger partial charge in [-0.1, -0.05) is 11.6 Å². The number of aliphatic hydroxyl groups excluding tert-OH is 1. The number of anilines is 2. The van der Waals surface area contributed by atoms with Crippen LogP contribution in [0.4, 0.5) is 11.5 Å². The summed E-state index contributed by atoms with van der Waals surface area (Å²) in [5.74, 6) is -0.986. The van der Waals surface area contributed by atoms with Crippen molar-refractivity contribution < 1.29 is 23.9 Å². The van der Waals surface area contributed by atoms with Gasteiger partial charge in [0.2, 0.25) is 17.6 Å². The fourth-order valence-corrected chi connectivity index (χ4v) is 5.32. The highest BCUT2D eigenvalue weighted by molar-refractivity contribution is 6.30. The van der Waals surface area contributed by atoms with Gasteiger partial charge >= 0.3 is 0 Å². The first-order chi connectivity index (χ1) is 17.9. The lowest BCUT2D eigenvalue weighted by Crippen LogP contribution is -2.42. The highest BCUT2D eigenvalue weighted by Crippen LogP contribution is 2.35. The van der Waals surface area contributed by atoms with Crippen LogP contribution < -0.4 is 10.6 Å². The molecule has 11 heteroatoms. The Morgan fingerprint density at radius 3 is 2.57 bits per heavy atom. The maximum Gasteiger partial charge on any atom is 0.294 e. The number of fused-ring (bicyclic) bond motifs is 1. The molecule has 37 heavy (non-hydrogen) atoms. The van der Waals surface area contributed by atoms with Crippen LogP contribution in [-0.2, 0) is 9.59 Å². The van der Waals surface area contributed by atoms with Gasteiger partial charge in [-0.05, 0) is 62.8 Å². The second-order valence-corrected chi connectivity index (χ2v) is 9.96. The summed E-state index contributed by atoms with van der Waals surface area (Å²) in [6.07, 6.45) is 7.03. The van der Waals surface area contributed by atoms with Gasteiger partial charge in [0, 0.05) is 30.8 Å². The van der Waals surface area contributed by atoms with Crippen LogP contribution in [0.2, 0.25) is 5.02 Å². The second-order valence-electron chi connectivity index (χ2n) is 9.52. The molecule has 2 fully saturated rings. The van der Waals surface area contributed by atoms with Crippen molar-refractivity contribution in [2.24, 2.45) is 11.8 Å². The molecule has 1 unspecified atom stereocenters. The third kappa shape index (κ3) is 5.30. The van der Waals surface area contributed by atoms with E-state index in [1.807, 2.05) is 0 Å². The van der Waals surface area contributed by atoms with Crippen molar-refractivity contribution in [3.05, 3.63) is 47.4 Å². The predicted octanol–water partition coefficient (Wildman–Crippen LogP) is 3.86. The van der Waals surface area contributed by atoms with Gasteiger partial charge in [0.1, 0.15) is 17.0 Å². The summed E-state index contributed by atoms with van der Waals surface area (Å²) in [5, 5.41) is 15.5. The number of carbonyl (C=O) groups excluding carboxylic acids is 3. The number of nitrogens with zero attached hydrogens (tertiary/aromatic N) is 3. The molecule has 1 aliphatic carbocycles. The first-order valence-corrected chi connectivity index (χ1v) is 12.8. The third-order valence-electron chi connectivity index (χ3n) is 7.19. The molecule has 0 spiro atoms. The molecule has 194 valence electrons. The normalized spacial score (nSPS) is 21.7. The zero-order chi connectivity index (χ0) is 25.9. The van der Waals surface area contributed by atoms with E-state index >= 15 is 0 Å². The minimum Gasteiger partial charge on any atom is -0.447 e. The van der Waals surface area contributed by atoms with E-state index in [9.17, 15) is 19.5 Å². The molecule has 1 aliphatic heterocycles. The molecular formula is C26H28ClN5O5. The molecule has 4 heterocycles. The van der Waals surface area contributed by atoms with E-state index in [1.54, 1.807) is 35.4 Å². The van der Waals surface area contributed by atoms with E-state index in [4.69, 9.17) is 16.0 Å². The topological polar surface area (TPSA) is 138 Å². The number of amides is 3. The van der Waals surface area contributed by atoms with Crippen LogP contribution >= 0.6 is 11.6 Å². The summed E-state index contributed by atoms with van der Waals surface area (Å²) in [7, 11) is 0. The Hall–Kier alpha value is -3.50. The molecule has 3 aromatic rings. The second kappa shape index (κ2) is 10.9. The molecule has 3 aromatic heterocycles. The number of hydrogen-bond acceptors (Lipinski definition) is 7. The maximum atomic E-state index is 13.2. The first kappa shape index (κ1) is 25.2. The molecule has 0 aromatic carbocycles. The Morgan fingerprint density at radius 1 is 1.05 bits per heavy atom. The maximum absolute atomic E-state index is 13.2. The zero-order valence-corrected chi connectivity index (χ0v) is 20.9. The molecule has 10 nitrogen and oxygen atoms in total. The van der Waals surface area contributed by atoms with Gasteiger partial charge in [0.05, 0.1) is 17.7 Å². The average Bonchev–Trinajstić information content (AvgIpc) is 3.55. The highest BCUT2D eigenvalue weighted by Gasteiger charge is 2.36. The fraction of sp³-hybridized carbons (Fsp3) is 0.423. The number of aliphatic hydroxyl groups is 1. The van der Waals surface area contributed by atoms with Crippen LogP contribution in [0, 0.1) is 11.8 Å². The Kier molecular flexibility index (Phi) is 7.38. The van der Waals surface area contributed by atoms with Gasteiger partial charge in [0.25, 0.3) is 5.91 Å². The van der Waals surface area contributed by atoms with E-state index in [0.29, 0.717) is 48.4 Å². The van der Waals surface area contributed by atoms with Gasteiger partial charge in [-0.3, -0.25) is 19.4 Å². The fourth-order valence-electron chi connectivity index (χ4n) is 5.21. The molecule has 0 radical (unpaired) electrons. The minimum atomic E-state index is -0.582. The van der Waals surface area contributed by atoms with Gasteiger partial charge in [-0.15, -0.1) is 0 Å². The number of pyridine rings is 2. The lowest BCUT2D eigenvalue weighted by molar-refractivity contribution is -0.139. The van der Waals surface area contributed by atoms with E-state index in [-0.39, 0.29) is 53.6 Å². The molecule has 3 amide bonds. The largest absolute Gasteiger partial charge is 0.447 e. The van der Waals surface area contributed by atoms with Crippen molar-refractivity contribution in [3.63, 3.8) is 0 Å². The smallest absolute Gasteiger partial charge is 0.294 e. The Balaban J connectivity index is 1.27. The molecule has 1 saturated carbocycles. The minimum absolute atomic E-state index is 0.0137. The van der Waals surface area contributed by atoms with Crippen LogP contribution in [0.5, 0.6) is 0 Å². The molecule has 5 rings (SSSR count). The Labute approximate surface area is 218 Å². The summed E-state index contributed by atoms with van der Waals surface area (Å²) in [4.78, 5) is 49.4. The van der Waals surface area contributed by atoms with E-state index in [0.717, 1.165) is 12.8 Å². The summed E-state index contributed by atoms with van der Waals surface area (Å²) in [6, 6.07) is 6.42. The lowest BCUT2D eigenvalue weighted by Gasteiger charge is -2.32. The average molecular weight is 526 g/mol. The molecule has 1 saturated heterocycles. The van der Waals surface area contributed by atoms with Crippen LogP contribution in [0.25, 0.3) is 11.1 Å². The summed E-state index contributed by atoms with van der Waals surface area (Å²) < 4.78 is 5.76. The number of hydrogen-bond donors (Lipinski definition) is 3. The number of likely N-dealkylation sites (tertiary alicyclic amines) is 1. The van der Waals surface area contributed by atoms with Crippen molar-refractivity contribution in [2.45, 2.75) is 44.6 Å². The Morgan fingerprint density at radius 2 is 1.84 bits per heavy atom. The summed E-state index contributed by atoms with van der Waals surface area (Å²) in [5.41, 5.74) is 0.941. The summed E-state index contributed by atoms with van der Waals surface area (Å²) in [6.45, 7) is 0.668. The van der Waals surface area contributed by atoms with Crippen LogP contribution in [0.3, 0.4) is 0 Å². The molecule has 2 aliphatic rings. The number of halogens is 1. The van der Waals surface area contributed by atoms with E-state index in [1.165, 1.54) is 6.20 Å². The predicted molar refractivity (Wildman–Crippen MR) is 137 cm³/mol. The standard InChI is InChI=1S/C26H28ClN5O5/c27-17-9-10-20(29-13-17)30-25(35)23-22(21-19(37-23)4-1-11-28-21)31-24(34)15-5-7-16(8-6-15)26(36)32-12-2-3-18(32)14-33/h1,4,9-11,13,15-16,18,33H,2-3,5-8,12,14H2,(H,31,34)(H,29,30,35)/t15-,16-,18?. The van der Waals surface area contributed by atoms with Gasteiger partial charge in [0.15, 0.2) is 5.58 Å². The SMILES string of the molecule is O=C(Nc1ccc(Cl)cn1)c1oc2cccnc2c1NC(=O)[C@H]1CC[C@H](C(=O)N2CCCC2CO)CC1. The number of furan rings is 1. The van der Waals surface area contributed by atoms with Crippen molar-refractivity contribution in [2.75, 3.05) is 23.8 Å². The van der Waals surface area contributed by atoms with Gasteiger partial charge in [-0.2, -0.15) is 0 Å². The molecular weight excluding hydrogens is 498 g/mol. The lowest BCUT2D eigenvalue weighted by atomic mass is 9.80. The zero-order valence-electron chi connectivity index (χ0n) is 20.2. The number of aromatic nitrogens is 2. The highest BCUT2D eigenvalue weighted by atomic mass is 35.5. The molecule has 0 bridgehead atoms. The van der Waals surface area contributed by atoms with Gasteiger partial charge < -0.3 is 25.1 Å². The van der Waals surface area contributed by atoms with E-state index in [2.05, 4.69) is 20.6 Å².